The first-order valence-corrected chi connectivity index (χ1v) is 7.89. The zero-order chi connectivity index (χ0) is 19.6. The molecule has 142 valence electrons. The Morgan fingerprint density at radius 1 is 1.08 bits per heavy atom. The van der Waals surface area contributed by atoms with Gasteiger partial charge in [0.15, 0.2) is 0 Å². The van der Waals surface area contributed by atoms with Crippen LogP contribution in [0.5, 0.6) is 11.5 Å². The predicted molar refractivity (Wildman–Crippen MR) is 88.7 cm³/mol. The summed E-state index contributed by atoms with van der Waals surface area (Å²) < 4.78 is 46.5. The molecule has 8 heteroatoms. The minimum absolute atomic E-state index is 0.121. The van der Waals surface area contributed by atoms with Crippen LogP contribution in [-0.2, 0) is 5.60 Å². The summed E-state index contributed by atoms with van der Waals surface area (Å²) in [6.45, 7) is 7.01. The van der Waals surface area contributed by atoms with Crippen LogP contribution >= 0.6 is 0 Å². The van der Waals surface area contributed by atoms with Crippen LogP contribution in [-0.4, -0.2) is 28.0 Å². The van der Waals surface area contributed by atoms with Gasteiger partial charge in [0.1, 0.15) is 30.0 Å². The van der Waals surface area contributed by atoms with E-state index in [1.165, 1.54) is 30.9 Å². The monoisotopic (exact) mass is 370 g/mol. The van der Waals surface area contributed by atoms with Crippen molar-refractivity contribution in [3.05, 3.63) is 48.0 Å². The van der Waals surface area contributed by atoms with Crippen molar-refractivity contribution >= 4 is 0 Å². The molecular formula is C18H21F3N2O3. The molecule has 0 saturated heterocycles. The van der Waals surface area contributed by atoms with E-state index in [1.54, 1.807) is 6.92 Å². The highest BCUT2D eigenvalue weighted by Gasteiger charge is 2.43. The van der Waals surface area contributed by atoms with Crippen LogP contribution in [0.25, 0.3) is 0 Å². The first kappa shape index (κ1) is 20.0. The maximum absolute atomic E-state index is 12.3. The molecule has 0 spiro atoms. The van der Waals surface area contributed by atoms with Crippen LogP contribution in [0.3, 0.4) is 0 Å². The molecule has 1 N–H and O–H groups in total. The molecule has 26 heavy (non-hydrogen) atoms. The Hall–Kier alpha value is -2.35. The molecule has 0 aliphatic carbocycles. The van der Waals surface area contributed by atoms with Crippen molar-refractivity contribution in [3.63, 3.8) is 0 Å². The molecule has 2 aromatic rings. The summed E-state index contributed by atoms with van der Waals surface area (Å²) in [5.41, 5.74) is -1.07. The van der Waals surface area contributed by atoms with Crippen molar-refractivity contribution in [2.24, 2.45) is 5.41 Å². The Kier molecular flexibility index (Phi) is 5.46. The molecule has 0 amide bonds. The summed E-state index contributed by atoms with van der Waals surface area (Å²) in [5.74, 6) is 0.0175. The summed E-state index contributed by atoms with van der Waals surface area (Å²) in [4.78, 5) is 7.87. The fraction of sp³-hybridized carbons (Fsp3) is 0.444. The minimum atomic E-state index is -4.76. The quantitative estimate of drug-likeness (QED) is 0.862. The van der Waals surface area contributed by atoms with Gasteiger partial charge in [-0.25, -0.2) is 9.97 Å². The molecule has 1 heterocycles. The van der Waals surface area contributed by atoms with Gasteiger partial charge in [0.05, 0.1) is 0 Å². The Morgan fingerprint density at radius 3 is 2.19 bits per heavy atom. The van der Waals surface area contributed by atoms with E-state index >= 15 is 0 Å². The van der Waals surface area contributed by atoms with Crippen LogP contribution < -0.4 is 9.47 Å². The third-order valence-corrected chi connectivity index (χ3v) is 4.10. The molecule has 0 aliphatic rings. The third kappa shape index (κ3) is 4.63. The van der Waals surface area contributed by atoms with Gasteiger partial charge in [0.25, 0.3) is 0 Å². The van der Waals surface area contributed by atoms with E-state index in [-0.39, 0.29) is 12.4 Å². The highest BCUT2D eigenvalue weighted by atomic mass is 19.4. The van der Waals surface area contributed by atoms with E-state index in [9.17, 15) is 18.3 Å². The zero-order valence-corrected chi connectivity index (χ0v) is 15.0. The second-order valence-electron chi connectivity index (χ2n) is 7.00. The number of aromatic nitrogens is 2. The third-order valence-electron chi connectivity index (χ3n) is 4.10. The van der Waals surface area contributed by atoms with Crippen LogP contribution in [0.15, 0.2) is 36.9 Å². The highest BCUT2D eigenvalue weighted by molar-refractivity contribution is 5.39. The first-order chi connectivity index (χ1) is 11.9. The van der Waals surface area contributed by atoms with Crippen molar-refractivity contribution in [2.75, 3.05) is 6.61 Å². The average Bonchev–Trinajstić information content (AvgIpc) is 2.52. The summed E-state index contributed by atoms with van der Waals surface area (Å²) in [6.07, 6.45) is -0.380. The lowest BCUT2D eigenvalue weighted by molar-refractivity contribution is -0.274. The van der Waals surface area contributed by atoms with Gasteiger partial charge in [-0.3, -0.25) is 0 Å². The predicted octanol–water partition coefficient (Wildman–Crippen LogP) is 4.00. The second-order valence-corrected chi connectivity index (χ2v) is 7.00. The maximum Gasteiger partial charge on any atom is 0.573 e. The second kappa shape index (κ2) is 7.11. The summed E-state index contributed by atoms with van der Waals surface area (Å²) >= 11 is 0. The molecule has 1 aromatic heterocycles. The number of halogens is 3. The van der Waals surface area contributed by atoms with Crippen LogP contribution in [0.1, 0.15) is 31.9 Å². The standard InChI is InChI=1S/C18H21F3N2O3/c1-12-7-14(26-18(19,20)21)5-6-15(12)25-10-17(24,16(2,3)4)13-8-22-11-23-9-13/h5-9,11,24H,10H2,1-4H3. The van der Waals surface area contributed by atoms with E-state index < -0.39 is 17.4 Å². The average molecular weight is 370 g/mol. The molecule has 0 fully saturated rings. The normalized spacial score (nSPS) is 14.6. The first-order valence-electron chi connectivity index (χ1n) is 7.89. The molecule has 1 aromatic carbocycles. The van der Waals surface area contributed by atoms with E-state index in [0.717, 1.165) is 6.07 Å². The smallest absolute Gasteiger partial charge is 0.490 e. The molecule has 5 nitrogen and oxygen atoms in total. The Labute approximate surface area is 149 Å². The van der Waals surface area contributed by atoms with E-state index in [1.807, 2.05) is 20.8 Å². The lowest BCUT2D eigenvalue weighted by Gasteiger charge is -2.40. The van der Waals surface area contributed by atoms with Gasteiger partial charge in [0, 0.05) is 18.0 Å². The Morgan fingerprint density at radius 2 is 1.69 bits per heavy atom. The van der Waals surface area contributed by atoms with Gasteiger partial charge >= 0.3 is 6.36 Å². The summed E-state index contributed by atoms with van der Waals surface area (Å²) in [6, 6.07) is 3.77. The number of benzene rings is 1. The number of hydrogen-bond acceptors (Lipinski definition) is 5. The lowest BCUT2D eigenvalue weighted by atomic mass is 9.73. The fourth-order valence-corrected chi connectivity index (χ4v) is 2.41. The van der Waals surface area contributed by atoms with E-state index in [4.69, 9.17) is 4.74 Å². The molecule has 0 aliphatic heterocycles. The van der Waals surface area contributed by atoms with Gasteiger partial charge in [0.2, 0.25) is 0 Å². The largest absolute Gasteiger partial charge is 0.573 e. The lowest BCUT2D eigenvalue weighted by Crippen LogP contribution is -2.45. The molecular weight excluding hydrogens is 349 g/mol. The van der Waals surface area contributed by atoms with Crippen molar-refractivity contribution in [1.29, 1.82) is 0 Å². The van der Waals surface area contributed by atoms with Gasteiger partial charge in [-0.05, 0) is 36.1 Å². The zero-order valence-electron chi connectivity index (χ0n) is 15.0. The van der Waals surface area contributed by atoms with Gasteiger partial charge in [-0.2, -0.15) is 0 Å². The topological polar surface area (TPSA) is 64.5 Å². The van der Waals surface area contributed by atoms with Crippen molar-refractivity contribution in [3.8, 4) is 11.5 Å². The van der Waals surface area contributed by atoms with Gasteiger partial charge in [-0.15, -0.1) is 13.2 Å². The SMILES string of the molecule is Cc1cc(OC(F)(F)F)ccc1OCC(O)(c1cncnc1)C(C)(C)C. The molecule has 0 radical (unpaired) electrons. The number of hydrogen-bond donors (Lipinski definition) is 1. The van der Waals surface area contributed by atoms with Crippen LogP contribution in [0, 0.1) is 12.3 Å². The fourth-order valence-electron chi connectivity index (χ4n) is 2.41. The van der Waals surface area contributed by atoms with E-state index in [0.29, 0.717) is 16.9 Å². The number of aliphatic hydroxyl groups is 1. The van der Waals surface area contributed by atoms with Crippen molar-refractivity contribution in [2.45, 2.75) is 39.7 Å². The number of alkyl halides is 3. The Bertz CT molecular complexity index is 746. The maximum atomic E-state index is 12.3. The summed E-state index contributed by atoms with van der Waals surface area (Å²) in [5, 5.41) is 11.2. The summed E-state index contributed by atoms with van der Waals surface area (Å²) in [7, 11) is 0. The number of aryl methyl sites for hydroxylation is 1. The number of nitrogens with zero attached hydrogens (tertiary/aromatic N) is 2. The molecule has 0 saturated carbocycles. The number of ether oxygens (including phenoxy) is 2. The number of rotatable bonds is 5. The highest BCUT2D eigenvalue weighted by Crippen LogP contribution is 2.39. The molecule has 1 unspecified atom stereocenters. The molecule has 0 bridgehead atoms. The van der Waals surface area contributed by atoms with Gasteiger partial charge < -0.3 is 14.6 Å². The van der Waals surface area contributed by atoms with Crippen molar-refractivity contribution in [1.82, 2.24) is 9.97 Å². The molecule has 1 atom stereocenters. The minimum Gasteiger partial charge on any atom is -0.490 e. The Balaban J connectivity index is 2.22. The van der Waals surface area contributed by atoms with Crippen LogP contribution in [0.4, 0.5) is 13.2 Å². The van der Waals surface area contributed by atoms with Crippen LogP contribution in [0.2, 0.25) is 0 Å². The van der Waals surface area contributed by atoms with E-state index in [2.05, 4.69) is 14.7 Å². The van der Waals surface area contributed by atoms with Crippen molar-refractivity contribution < 1.29 is 27.8 Å². The van der Waals surface area contributed by atoms with Gasteiger partial charge in [-0.1, -0.05) is 20.8 Å². The molecule has 2 rings (SSSR count).